The van der Waals surface area contributed by atoms with Gasteiger partial charge < -0.3 is 10.1 Å². The van der Waals surface area contributed by atoms with Crippen molar-refractivity contribution in [1.29, 1.82) is 0 Å². The molecule has 0 saturated carbocycles. The zero-order chi connectivity index (χ0) is 18.4. The van der Waals surface area contributed by atoms with Gasteiger partial charge in [0.05, 0.1) is 23.3 Å². The van der Waals surface area contributed by atoms with Crippen LogP contribution in [0.4, 0.5) is 0 Å². The molecule has 0 spiro atoms. The molecule has 2 aromatic carbocycles. The Bertz CT molecular complexity index is 740. The molecule has 3 rings (SSSR count). The van der Waals surface area contributed by atoms with E-state index in [4.69, 9.17) is 27.9 Å². The van der Waals surface area contributed by atoms with E-state index in [-0.39, 0.29) is 12.0 Å². The maximum atomic E-state index is 12.2. The van der Waals surface area contributed by atoms with Crippen LogP contribution < -0.4 is 5.32 Å². The van der Waals surface area contributed by atoms with E-state index >= 15 is 0 Å². The van der Waals surface area contributed by atoms with E-state index in [1.165, 1.54) is 5.56 Å². The molecule has 0 bridgehead atoms. The van der Waals surface area contributed by atoms with E-state index in [1.54, 1.807) is 18.2 Å². The number of amides is 1. The first-order valence-corrected chi connectivity index (χ1v) is 9.51. The number of benzene rings is 2. The molecular formula is C20H22Cl2N2O2. The van der Waals surface area contributed by atoms with Crippen LogP contribution in [0, 0.1) is 0 Å². The average Bonchev–Trinajstić information content (AvgIpc) is 2.66. The summed E-state index contributed by atoms with van der Waals surface area (Å²) in [6.07, 6.45) is 0.991. The molecule has 0 unspecified atom stereocenters. The Hall–Kier alpha value is -1.59. The fourth-order valence-electron chi connectivity index (χ4n) is 3.05. The summed E-state index contributed by atoms with van der Waals surface area (Å²) in [5.41, 5.74) is 1.66. The fraction of sp³-hybridized carbons (Fsp3) is 0.350. The van der Waals surface area contributed by atoms with Crippen molar-refractivity contribution in [3.05, 3.63) is 69.7 Å². The Morgan fingerprint density at radius 3 is 2.77 bits per heavy atom. The minimum absolute atomic E-state index is 0.118. The van der Waals surface area contributed by atoms with Crippen LogP contribution >= 0.6 is 23.2 Å². The number of nitrogens with one attached hydrogen (secondary N) is 1. The zero-order valence-corrected chi connectivity index (χ0v) is 16.0. The molecule has 4 nitrogen and oxygen atoms in total. The molecule has 1 aliphatic rings. The normalized spacial score (nSPS) is 17.8. The Labute approximate surface area is 164 Å². The quantitative estimate of drug-likeness (QED) is 0.749. The van der Waals surface area contributed by atoms with Gasteiger partial charge in [0.25, 0.3) is 5.91 Å². The standard InChI is InChI=1S/C20H22Cl2N2O2/c21-16-7-8-17(18(22)13-16)20(25)23-9-4-10-24-11-12-26-19(14-24)15-5-2-1-3-6-15/h1-3,5-8,13,19H,4,9-12,14H2,(H,23,25)/t19-/m0/s1. The highest BCUT2D eigenvalue weighted by molar-refractivity contribution is 6.36. The lowest BCUT2D eigenvalue weighted by atomic mass is 10.1. The van der Waals surface area contributed by atoms with Crippen LogP contribution in [0.2, 0.25) is 10.0 Å². The monoisotopic (exact) mass is 392 g/mol. The summed E-state index contributed by atoms with van der Waals surface area (Å²) < 4.78 is 5.88. The number of nitrogens with zero attached hydrogens (tertiary/aromatic N) is 1. The SMILES string of the molecule is O=C(NCCCN1CCO[C@H](c2ccccc2)C1)c1ccc(Cl)cc1Cl. The van der Waals surface area contributed by atoms with Crippen LogP contribution in [0.5, 0.6) is 0 Å². The molecule has 1 atom stereocenters. The average molecular weight is 393 g/mol. The van der Waals surface area contributed by atoms with Gasteiger partial charge >= 0.3 is 0 Å². The minimum atomic E-state index is -0.171. The van der Waals surface area contributed by atoms with Crippen LogP contribution in [-0.4, -0.2) is 43.6 Å². The van der Waals surface area contributed by atoms with Crippen LogP contribution in [0.3, 0.4) is 0 Å². The molecular weight excluding hydrogens is 371 g/mol. The summed E-state index contributed by atoms with van der Waals surface area (Å²) in [6.45, 7) is 4.04. The number of carbonyl (C=O) groups excluding carboxylic acids is 1. The van der Waals surface area contributed by atoms with Gasteiger partial charge in [-0.15, -0.1) is 0 Å². The fourth-order valence-corrected chi connectivity index (χ4v) is 3.54. The van der Waals surface area contributed by atoms with Crippen molar-refractivity contribution in [2.45, 2.75) is 12.5 Å². The molecule has 0 aliphatic carbocycles. The van der Waals surface area contributed by atoms with Crippen molar-refractivity contribution in [2.24, 2.45) is 0 Å². The van der Waals surface area contributed by atoms with E-state index in [9.17, 15) is 4.79 Å². The lowest BCUT2D eigenvalue weighted by Gasteiger charge is -2.33. The highest BCUT2D eigenvalue weighted by atomic mass is 35.5. The maximum absolute atomic E-state index is 12.2. The highest BCUT2D eigenvalue weighted by Gasteiger charge is 2.21. The molecule has 0 radical (unpaired) electrons. The number of hydrogen-bond donors (Lipinski definition) is 1. The molecule has 1 saturated heterocycles. The molecule has 1 fully saturated rings. The van der Waals surface area contributed by atoms with Crippen molar-refractivity contribution in [3.8, 4) is 0 Å². The topological polar surface area (TPSA) is 41.6 Å². The van der Waals surface area contributed by atoms with Gasteiger partial charge in [-0.25, -0.2) is 0 Å². The molecule has 0 aromatic heterocycles. The molecule has 26 heavy (non-hydrogen) atoms. The summed E-state index contributed by atoms with van der Waals surface area (Å²) >= 11 is 11.9. The van der Waals surface area contributed by atoms with Gasteiger partial charge in [0.2, 0.25) is 0 Å². The molecule has 1 aliphatic heterocycles. The highest BCUT2D eigenvalue weighted by Crippen LogP contribution is 2.22. The molecule has 1 N–H and O–H groups in total. The van der Waals surface area contributed by atoms with E-state index in [1.807, 2.05) is 18.2 Å². The summed E-state index contributed by atoms with van der Waals surface area (Å²) in [5.74, 6) is -0.171. The predicted molar refractivity (Wildman–Crippen MR) is 105 cm³/mol. The van der Waals surface area contributed by atoms with Crippen molar-refractivity contribution in [3.63, 3.8) is 0 Å². The molecule has 1 heterocycles. The third-order valence-electron chi connectivity index (χ3n) is 4.43. The molecule has 2 aromatic rings. The van der Waals surface area contributed by atoms with E-state index in [0.29, 0.717) is 22.2 Å². The Kier molecular flexibility index (Phi) is 6.92. The van der Waals surface area contributed by atoms with Crippen LogP contribution in [0.15, 0.2) is 48.5 Å². The zero-order valence-electron chi connectivity index (χ0n) is 14.5. The van der Waals surface area contributed by atoms with E-state index < -0.39 is 0 Å². The Morgan fingerprint density at radius 1 is 1.19 bits per heavy atom. The van der Waals surface area contributed by atoms with E-state index in [2.05, 4.69) is 22.3 Å². The first kappa shape index (κ1) is 19.2. The number of rotatable bonds is 6. The van der Waals surface area contributed by atoms with Crippen molar-refractivity contribution < 1.29 is 9.53 Å². The molecule has 1 amide bonds. The number of morpholine rings is 1. The lowest BCUT2D eigenvalue weighted by molar-refractivity contribution is -0.0301. The van der Waals surface area contributed by atoms with Crippen molar-refractivity contribution in [2.75, 3.05) is 32.8 Å². The Balaban J connectivity index is 1.42. The summed E-state index contributed by atoms with van der Waals surface area (Å²) in [7, 11) is 0. The van der Waals surface area contributed by atoms with Gasteiger partial charge in [-0.1, -0.05) is 53.5 Å². The van der Waals surface area contributed by atoms with Gasteiger partial charge in [0, 0.05) is 31.2 Å². The second-order valence-corrected chi connectivity index (χ2v) is 7.15. The number of carbonyl (C=O) groups is 1. The predicted octanol–water partition coefficient (Wildman–Crippen LogP) is 4.19. The minimum Gasteiger partial charge on any atom is -0.371 e. The lowest BCUT2D eigenvalue weighted by Crippen LogP contribution is -2.39. The second-order valence-electron chi connectivity index (χ2n) is 6.30. The summed E-state index contributed by atoms with van der Waals surface area (Å²) in [6, 6.07) is 15.2. The van der Waals surface area contributed by atoms with Crippen molar-refractivity contribution >= 4 is 29.1 Å². The first-order valence-electron chi connectivity index (χ1n) is 8.75. The number of ether oxygens (including phenoxy) is 1. The second kappa shape index (κ2) is 9.38. The van der Waals surface area contributed by atoms with Gasteiger partial charge in [0.1, 0.15) is 0 Å². The van der Waals surface area contributed by atoms with E-state index in [0.717, 1.165) is 32.7 Å². The molecule has 6 heteroatoms. The Morgan fingerprint density at radius 2 is 2.00 bits per heavy atom. The van der Waals surface area contributed by atoms with Crippen LogP contribution in [-0.2, 0) is 4.74 Å². The maximum Gasteiger partial charge on any atom is 0.252 e. The third-order valence-corrected chi connectivity index (χ3v) is 4.98. The smallest absolute Gasteiger partial charge is 0.252 e. The largest absolute Gasteiger partial charge is 0.371 e. The van der Waals surface area contributed by atoms with Gasteiger partial charge in [-0.05, 0) is 30.2 Å². The van der Waals surface area contributed by atoms with Crippen molar-refractivity contribution in [1.82, 2.24) is 10.2 Å². The van der Waals surface area contributed by atoms with Gasteiger partial charge in [-0.3, -0.25) is 9.69 Å². The van der Waals surface area contributed by atoms with Crippen LogP contribution in [0.25, 0.3) is 0 Å². The first-order chi connectivity index (χ1) is 12.6. The van der Waals surface area contributed by atoms with Crippen LogP contribution in [0.1, 0.15) is 28.4 Å². The number of hydrogen-bond acceptors (Lipinski definition) is 3. The third kappa shape index (κ3) is 5.21. The number of halogens is 2. The summed E-state index contributed by atoms with van der Waals surface area (Å²) in [5, 5.41) is 3.81. The molecule has 138 valence electrons. The van der Waals surface area contributed by atoms with Gasteiger partial charge in [-0.2, -0.15) is 0 Å². The summed E-state index contributed by atoms with van der Waals surface area (Å²) in [4.78, 5) is 14.6. The van der Waals surface area contributed by atoms with Gasteiger partial charge in [0.15, 0.2) is 0 Å².